The summed E-state index contributed by atoms with van der Waals surface area (Å²) in [7, 11) is 1.90. The highest BCUT2D eigenvalue weighted by atomic mass is 32.2. The number of thioether (sulfide) groups is 1. The molecule has 1 aliphatic carbocycles. The Balaban J connectivity index is 1.49. The van der Waals surface area contributed by atoms with Gasteiger partial charge in [-0.15, -0.1) is 10.2 Å². The second kappa shape index (κ2) is 10.6. The van der Waals surface area contributed by atoms with E-state index >= 15 is 0 Å². The third-order valence-corrected chi connectivity index (χ3v) is 6.66. The van der Waals surface area contributed by atoms with Crippen LogP contribution >= 0.6 is 11.8 Å². The number of aromatic nitrogens is 3. The van der Waals surface area contributed by atoms with Crippen molar-refractivity contribution in [3.63, 3.8) is 0 Å². The number of nitrogens with zero attached hydrogens (tertiary/aromatic N) is 4. The Kier molecular flexibility index (Phi) is 7.42. The zero-order chi connectivity index (χ0) is 22.3. The van der Waals surface area contributed by atoms with Crippen LogP contribution in [0.25, 0.3) is 5.69 Å². The largest absolute Gasteiger partial charge is 0.483 e. The SMILES string of the molecule is CN(C(=O)CSc1nnc(COc2ccccc2F)n1-c1ccccc1)C1CCCCC1. The lowest BCUT2D eigenvalue weighted by Crippen LogP contribution is -2.39. The number of carbonyl (C=O) groups is 1. The first-order valence-corrected chi connectivity index (χ1v) is 11.9. The Bertz CT molecular complexity index is 1040. The van der Waals surface area contributed by atoms with Crippen LogP contribution < -0.4 is 4.74 Å². The highest BCUT2D eigenvalue weighted by Gasteiger charge is 2.23. The standard InChI is InChI=1S/C24H27FN4O2S/c1-28(18-10-4-2-5-11-18)23(30)17-32-24-27-26-22(29(24)19-12-6-3-7-13-19)16-31-21-15-9-8-14-20(21)25/h3,6-9,12-15,18H,2,4-5,10-11,16-17H2,1H3. The molecule has 0 spiro atoms. The fourth-order valence-corrected chi connectivity index (χ4v) is 4.82. The van der Waals surface area contributed by atoms with Crippen molar-refractivity contribution in [1.82, 2.24) is 19.7 Å². The number of amides is 1. The molecule has 1 amide bonds. The highest BCUT2D eigenvalue weighted by Crippen LogP contribution is 2.26. The summed E-state index contributed by atoms with van der Waals surface area (Å²) in [6.07, 6.45) is 5.77. The molecule has 0 N–H and O–H groups in total. The van der Waals surface area contributed by atoms with Crippen LogP contribution in [0, 0.1) is 5.82 Å². The summed E-state index contributed by atoms with van der Waals surface area (Å²) < 4.78 is 21.5. The van der Waals surface area contributed by atoms with Crippen LogP contribution in [0.4, 0.5) is 4.39 Å². The zero-order valence-electron chi connectivity index (χ0n) is 18.1. The summed E-state index contributed by atoms with van der Waals surface area (Å²) in [4.78, 5) is 14.7. The van der Waals surface area contributed by atoms with Gasteiger partial charge in [0.2, 0.25) is 5.91 Å². The number of carbonyl (C=O) groups excluding carboxylic acids is 1. The molecule has 3 aromatic rings. The Labute approximate surface area is 191 Å². The maximum atomic E-state index is 13.9. The van der Waals surface area contributed by atoms with Crippen molar-refractivity contribution < 1.29 is 13.9 Å². The monoisotopic (exact) mass is 454 g/mol. The molecule has 168 valence electrons. The Morgan fingerprint density at radius 2 is 1.81 bits per heavy atom. The lowest BCUT2D eigenvalue weighted by atomic mass is 9.94. The van der Waals surface area contributed by atoms with Gasteiger partial charge in [0.05, 0.1) is 5.75 Å². The van der Waals surface area contributed by atoms with Crippen molar-refractivity contribution >= 4 is 17.7 Å². The number of rotatable bonds is 8. The van der Waals surface area contributed by atoms with E-state index in [0.717, 1.165) is 18.5 Å². The van der Waals surface area contributed by atoms with Gasteiger partial charge >= 0.3 is 0 Å². The van der Waals surface area contributed by atoms with Gasteiger partial charge in [0.15, 0.2) is 22.5 Å². The summed E-state index contributed by atoms with van der Waals surface area (Å²) in [5.74, 6) is 0.646. The highest BCUT2D eigenvalue weighted by molar-refractivity contribution is 7.99. The lowest BCUT2D eigenvalue weighted by molar-refractivity contribution is -0.129. The van der Waals surface area contributed by atoms with Crippen LogP contribution in [-0.4, -0.2) is 44.4 Å². The van der Waals surface area contributed by atoms with E-state index in [1.165, 1.54) is 37.1 Å². The summed E-state index contributed by atoms with van der Waals surface area (Å²) in [5.41, 5.74) is 0.861. The van der Waals surface area contributed by atoms with Crippen LogP contribution in [0.5, 0.6) is 5.75 Å². The molecule has 0 bridgehead atoms. The van der Waals surface area contributed by atoms with E-state index < -0.39 is 5.82 Å². The van der Waals surface area contributed by atoms with Crippen molar-refractivity contribution in [1.29, 1.82) is 0 Å². The van der Waals surface area contributed by atoms with Crippen LogP contribution in [0.1, 0.15) is 37.9 Å². The molecule has 0 atom stereocenters. The van der Waals surface area contributed by atoms with E-state index in [0.29, 0.717) is 17.0 Å². The van der Waals surface area contributed by atoms with E-state index in [-0.39, 0.29) is 24.0 Å². The minimum atomic E-state index is -0.427. The van der Waals surface area contributed by atoms with Crippen molar-refractivity contribution in [2.24, 2.45) is 0 Å². The van der Waals surface area contributed by atoms with E-state index in [9.17, 15) is 9.18 Å². The summed E-state index contributed by atoms with van der Waals surface area (Å²) >= 11 is 1.36. The first kappa shape index (κ1) is 22.3. The lowest BCUT2D eigenvalue weighted by Gasteiger charge is -2.31. The molecule has 1 saturated carbocycles. The van der Waals surface area contributed by atoms with Crippen LogP contribution in [0.3, 0.4) is 0 Å². The fraction of sp³-hybridized carbons (Fsp3) is 0.375. The van der Waals surface area contributed by atoms with Gasteiger partial charge in [0.25, 0.3) is 0 Å². The third-order valence-electron chi connectivity index (χ3n) is 5.75. The molecule has 0 unspecified atom stereocenters. The molecule has 1 aromatic heterocycles. The maximum absolute atomic E-state index is 13.9. The van der Waals surface area contributed by atoms with Crippen molar-refractivity contribution in [2.75, 3.05) is 12.8 Å². The molecule has 8 heteroatoms. The van der Waals surface area contributed by atoms with Gasteiger partial charge in [0, 0.05) is 18.8 Å². The van der Waals surface area contributed by atoms with Gasteiger partial charge in [0.1, 0.15) is 6.61 Å². The Hall–Kier alpha value is -2.87. The van der Waals surface area contributed by atoms with Gasteiger partial charge in [-0.05, 0) is 37.1 Å². The van der Waals surface area contributed by atoms with Gasteiger partial charge in [-0.2, -0.15) is 0 Å². The third kappa shape index (κ3) is 5.30. The molecule has 1 heterocycles. The average Bonchev–Trinajstić information content (AvgIpc) is 3.25. The molecule has 2 aromatic carbocycles. The molecule has 32 heavy (non-hydrogen) atoms. The van der Waals surface area contributed by atoms with Crippen molar-refractivity contribution in [3.05, 3.63) is 66.2 Å². The second-order valence-corrected chi connectivity index (χ2v) is 8.82. The minimum absolute atomic E-state index is 0.0549. The normalized spacial score (nSPS) is 14.3. The number of hydrogen-bond donors (Lipinski definition) is 0. The molecule has 0 radical (unpaired) electrons. The first-order chi connectivity index (χ1) is 15.6. The first-order valence-electron chi connectivity index (χ1n) is 10.9. The van der Waals surface area contributed by atoms with Crippen LogP contribution in [0.2, 0.25) is 0 Å². The molecular weight excluding hydrogens is 427 g/mol. The summed E-state index contributed by atoms with van der Waals surface area (Å²) in [5, 5.41) is 9.18. The molecule has 0 saturated heterocycles. The Morgan fingerprint density at radius 3 is 2.56 bits per heavy atom. The number of halogens is 1. The molecule has 4 rings (SSSR count). The molecule has 1 fully saturated rings. The average molecular weight is 455 g/mol. The molecular formula is C24H27FN4O2S. The maximum Gasteiger partial charge on any atom is 0.233 e. The fourth-order valence-electron chi connectivity index (χ4n) is 3.93. The zero-order valence-corrected chi connectivity index (χ0v) is 18.9. The summed E-state index contributed by atoms with van der Waals surface area (Å²) in [6, 6.07) is 16.3. The molecule has 1 aliphatic rings. The van der Waals surface area contributed by atoms with E-state index in [4.69, 9.17) is 4.74 Å². The van der Waals surface area contributed by atoms with Gasteiger partial charge < -0.3 is 9.64 Å². The summed E-state index contributed by atoms with van der Waals surface area (Å²) in [6.45, 7) is 0.0549. The van der Waals surface area contributed by atoms with Crippen molar-refractivity contribution in [2.45, 2.75) is 49.9 Å². The van der Waals surface area contributed by atoms with Gasteiger partial charge in [-0.3, -0.25) is 9.36 Å². The van der Waals surface area contributed by atoms with E-state index in [1.54, 1.807) is 18.2 Å². The van der Waals surface area contributed by atoms with Gasteiger partial charge in [-0.25, -0.2) is 4.39 Å². The Morgan fingerprint density at radius 1 is 1.09 bits per heavy atom. The number of hydrogen-bond acceptors (Lipinski definition) is 5. The predicted octanol–water partition coefficient (Wildman–Crippen LogP) is 4.87. The topological polar surface area (TPSA) is 60.3 Å². The van der Waals surface area contributed by atoms with E-state index in [1.807, 2.05) is 46.8 Å². The second-order valence-electron chi connectivity index (χ2n) is 7.87. The number of para-hydroxylation sites is 2. The quantitative estimate of drug-likeness (QED) is 0.455. The van der Waals surface area contributed by atoms with E-state index in [2.05, 4.69) is 10.2 Å². The predicted molar refractivity (Wildman–Crippen MR) is 122 cm³/mol. The number of ether oxygens (including phenoxy) is 1. The molecule has 0 aliphatic heterocycles. The minimum Gasteiger partial charge on any atom is -0.483 e. The van der Waals surface area contributed by atoms with Crippen LogP contribution in [0.15, 0.2) is 59.8 Å². The molecule has 6 nitrogen and oxygen atoms in total. The van der Waals surface area contributed by atoms with Crippen LogP contribution in [-0.2, 0) is 11.4 Å². The van der Waals surface area contributed by atoms with Crippen molar-refractivity contribution in [3.8, 4) is 11.4 Å². The van der Waals surface area contributed by atoms with Gasteiger partial charge in [-0.1, -0.05) is 61.4 Å². The number of benzene rings is 2. The smallest absolute Gasteiger partial charge is 0.233 e.